The van der Waals surface area contributed by atoms with Crippen LogP contribution in [0.3, 0.4) is 0 Å². The first kappa shape index (κ1) is 9.00. The van der Waals surface area contributed by atoms with Gasteiger partial charge in [0.1, 0.15) is 0 Å². The Bertz CT molecular complexity index is 401. The van der Waals surface area contributed by atoms with Gasteiger partial charge in [0.2, 0.25) is 0 Å². The van der Waals surface area contributed by atoms with E-state index in [1.807, 2.05) is 0 Å². The molecule has 0 saturated carbocycles. The Hall–Kier alpha value is -0.570. The van der Waals surface area contributed by atoms with Gasteiger partial charge in [0, 0.05) is 4.43 Å². The highest BCUT2D eigenvalue weighted by atomic mass is 127. The largest absolute Gasteiger partial charge is 0.0811 e. The van der Waals surface area contributed by atoms with Crippen molar-refractivity contribution in [3.63, 3.8) is 0 Å². The van der Waals surface area contributed by atoms with Gasteiger partial charge in [0.15, 0.2) is 0 Å². The molecule has 1 heteroatoms. The average Bonchev–Trinajstić information content (AvgIpc) is 2.19. The van der Waals surface area contributed by atoms with Gasteiger partial charge in [-0.2, -0.15) is 0 Å². The van der Waals surface area contributed by atoms with Crippen molar-refractivity contribution in [2.24, 2.45) is 0 Å². The van der Waals surface area contributed by atoms with Gasteiger partial charge >= 0.3 is 0 Å². The van der Waals surface area contributed by atoms with Crippen molar-refractivity contribution in [3.05, 3.63) is 52.5 Å². The summed E-state index contributed by atoms with van der Waals surface area (Å²) in [7, 11) is 0. The van der Waals surface area contributed by atoms with Crippen LogP contribution in [0.4, 0.5) is 0 Å². The minimum Gasteiger partial charge on any atom is -0.0811 e. The maximum absolute atomic E-state index is 2.30. The molecule has 13 heavy (non-hydrogen) atoms. The Morgan fingerprint density at radius 1 is 1.00 bits per heavy atom. The van der Waals surface area contributed by atoms with Crippen LogP contribution in [-0.4, -0.2) is 0 Å². The van der Waals surface area contributed by atoms with Crippen LogP contribution in [0.2, 0.25) is 0 Å². The number of hydrogen-bond acceptors (Lipinski definition) is 0. The van der Waals surface area contributed by atoms with Gasteiger partial charge in [-0.25, -0.2) is 0 Å². The zero-order valence-corrected chi connectivity index (χ0v) is 9.36. The molecule has 0 saturated heterocycles. The first-order valence-electron chi connectivity index (χ1n) is 4.30. The Kier molecular flexibility index (Phi) is 2.83. The van der Waals surface area contributed by atoms with Crippen LogP contribution in [0, 0.1) is 4.43 Å². The fourth-order valence-corrected chi connectivity index (χ4v) is 2.03. The molecule has 2 aromatic rings. The van der Waals surface area contributed by atoms with E-state index >= 15 is 0 Å². The average molecular weight is 281 g/mol. The number of rotatable bonds is 2. The molecular weight excluding hydrogens is 271 g/mol. The first-order valence-corrected chi connectivity index (χ1v) is 5.55. The van der Waals surface area contributed by atoms with Crippen LogP contribution in [0.5, 0.6) is 0 Å². The molecule has 0 aliphatic carbocycles. The smallest absolute Gasteiger partial charge is 0.0271 e. The van der Waals surface area contributed by atoms with E-state index in [0.717, 1.165) is 6.42 Å². The molecule has 0 unspecified atom stereocenters. The van der Waals surface area contributed by atoms with E-state index in [4.69, 9.17) is 0 Å². The Labute approximate surface area is 92.1 Å². The van der Waals surface area contributed by atoms with Crippen LogP contribution in [0.1, 0.15) is 5.56 Å². The van der Waals surface area contributed by atoms with Crippen LogP contribution in [0.25, 0.3) is 10.8 Å². The van der Waals surface area contributed by atoms with Crippen molar-refractivity contribution in [3.8, 4) is 0 Å². The van der Waals surface area contributed by atoms with Crippen molar-refractivity contribution >= 4 is 33.4 Å². The van der Waals surface area contributed by atoms with Gasteiger partial charge in [-0.15, -0.1) is 0 Å². The predicted molar refractivity (Wildman–Crippen MR) is 66.0 cm³/mol. The predicted octanol–water partition coefficient (Wildman–Crippen LogP) is 3.98. The quantitative estimate of drug-likeness (QED) is 0.730. The minimum atomic E-state index is 1.04. The highest BCUT2D eigenvalue weighted by Gasteiger charge is 1.97. The summed E-state index contributed by atoms with van der Waals surface area (Å²) >= 11 is 2.30. The summed E-state index contributed by atoms with van der Waals surface area (Å²) in [6.07, 6.45) is 1.04. The molecule has 2 aromatic carbocycles. The SMILES string of the molecule is I[CH]Cc1cccc2ccccc12. The van der Waals surface area contributed by atoms with E-state index in [2.05, 4.69) is 69.5 Å². The van der Waals surface area contributed by atoms with E-state index in [1.165, 1.54) is 16.3 Å². The highest BCUT2D eigenvalue weighted by Crippen LogP contribution is 2.20. The third-order valence-corrected chi connectivity index (χ3v) is 2.62. The number of benzene rings is 2. The molecule has 0 fully saturated rings. The Morgan fingerprint density at radius 2 is 1.77 bits per heavy atom. The minimum absolute atomic E-state index is 1.04. The molecule has 2 rings (SSSR count). The summed E-state index contributed by atoms with van der Waals surface area (Å²) in [6, 6.07) is 15.0. The highest BCUT2D eigenvalue weighted by molar-refractivity contribution is 14.1. The molecule has 0 aromatic heterocycles. The molecule has 1 radical (unpaired) electrons. The van der Waals surface area contributed by atoms with E-state index in [-0.39, 0.29) is 0 Å². The maximum atomic E-state index is 2.30. The van der Waals surface area contributed by atoms with Crippen molar-refractivity contribution in [2.75, 3.05) is 0 Å². The molecule has 0 N–H and O–H groups in total. The maximum Gasteiger partial charge on any atom is 0.0271 e. The fourth-order valence-electron chi connectivity index (χ4n) is 1.55. The second kappa shape index (κ2) is 4.09. The second-order valence-corrected chi connectivity index (χ2v) is 3.88. The van der Waals surface area contributed by atoms with Gasteiger partial charge in [-0.3, -0.25) is 0 Å². The summed E-state index contributed by atoms with van der Waals surface area (Å²) in [5.74, 6) is 0. The van der Waals surface area contributed by atoms with E-state index in [9.17, 15) is 0 Å². The monoisotopic (exact) mass is 281 g/mol. The van der Waals surface area contributed by atoms with E-state index in [0.29, 0.717) is 0 Å². The van der Waals surface area contributed by atoms with Crippen LogP contribution in [-0.2, 0) is 6.42 Å². The van der Waals surface area contributed by atoms with Gasteiger partial charge in [0.25, 0.3) is 0 Å². The number of hydrogen-bond donors (Lipinski definition) is 0. The number of fused-ring (bicyclic) bond motifs is 1. The molecule has 65 valence electrons. The lowest BCUT2D eigenvalue weighted by Gasteiger charge is -2.03. The normalized spacial score (nSPS) is 10.5. The molecule has 0 heterocycles. The van der Waals surface area contributed by atoms with Crippen molar-refractivity contribution < 1.29 is 0 Å². The van der Waals surface area contributed by atoms with Crippen molar-refractivity contribution in [1.82, 2.24) is 0 Å². The lowest BCUT2D eigenvalue weighted by atomic mass is 10.0. The molecule has 0 aliphatic rings. The molecule has 0 spiro atoms. The number of halogens is 1. The Balaban J connectivity index is 2.61. The summed E-state index contributed by atoms with van der Waals surface area (Å²) in [5.41, 5.74) is 1.41. The third kappa shape index (κ3) is 1.85. The van der Waals surface area contributed by atoms with Crippen LogP contribution < -0.4 is 0 Å². The molecule has 0 aliphatic heterocycles. The second-order valence-electron chi connectivity index (χ2n) is 3.00. The molecule has 0 nitrogen and oxygen atoms in total. The van der Waals surface area contributed by atoms with Gasteiger partial charge < -0.3 is 0 Å². The fraction of sp³-hybridized carbons (Fsp3) is 0.0833. The summed E-state index contributed by atoms with van der Waals surface area (Å²) in [6.45, 7) is 0. The summed E-state index contributed by atoms with van der Waals surface area (Å²) in [4.78, 5) is 0. The van der Waals surface area contributed by atoms with E-state index < -0.39 is 0 Å². The molecule has 0 amide bonds. The summed E-state index contributed by atoms with van der Waals surface area (Å²) in [5, 5.41) is 2.70. The topological polar surface area (TPSA) is 0 Å². The van der Waals surface area contributed by atoms with Crippen molar-refractivity contribution in [1.29, 1.82) is 0 Å². The van der Waals surface area contributed by atoms with Gasteiger partial charge in [-0.1, -0.05) is 65.1 Å². The third-order valence-electron chi connectivity index (χ3n) is 2.18. The van der Waals surface area contributed by atoms with Gasteiger partial charge in [-0.05, 0) is 22.8 Å². The van der Waals surface area contributed by atoms with Gasteiger partial charge in [0.05, 0.1) is 0 Å². The lowest BCUT2D eigenvalue weighted by molar-refractivity contribution is 1.29. The standard InChI is InChI=1S/C12H10I/c13-9-8-11-6-3-5-10-4-1-2-7-12(10)11/h1-7,9H,8H2. The van der Waals surface area contributed by atoms with Crippen molar-refractivity contribution in [2.45, 2.75) is 6.42 Å². The molecular formula is C12H10I. The zero-order chi connectivity index (χ0) is 9.10. The molecule has 0 bridgehead atoms. The van der Waals surface area contributed by atoms with Crippen LogP contribution >= 0.6 is 22.6 Å². The first-order chi connectivity index (χ1) is 6.42. The summed E-state index contributed by atoms with van der Waals surface area (Å²) < 4.78 is 2.17. The lowest BCUT2D eigenvalue weighted by Crippen LogP contribution is -1.84. The van der Waals surface area contributed by atoms with E-state index in [1.54, 1.807) is 0 Å². The Morgan fingerprint density at radius 3 is 2.62 bits per heavy atom. The van der Waals surface area contributed by atoms with Crippen LogP contribution in [0.15, 0.2) is 42.5 Å². The zero-order valence-electron chi connectivity index (χ0n) is 7.20. The molecule has 0 atom stereocenters.